The highest BCUT2D eigenvalue weighted by molar-refractivity contribution is 7.22. The largest absolute Gasteiger partial charge is 0.497 e. The number of carbonyl (C=O) groups is 2. The Morgan fingerprint density at radius 1 is 0.868 bits per heavy atom. The van der Waals surface area contributed by atoms with Crippen LogP contribution in [0.25, 0.3) is 10.2 Å². The first-order valence-corrected chi connectivity index (χ1v) is 13.4. The summed E-state index contributed by atoms with van der Waals surface area (Å²) in [4.78, 5) is 33.7. The molecule has 8 nitrogen and oxygen atoms in total. The molecule has 0 radical (unpaired) electrons. The van der Waals surface area contributed by atoms with Gasteiger partial charge in [-0.1, -0.05) is 23.5 Å². The summed E-state index contributed by atoms with van der Waals surface area (Å²) >= 11 is 1.46. The van der Waals surface area contributed by atoms with Crippen molar-refractivity contribution in [1.82, 2.24) is 4.98 Å². The second-order valence-electron chi connectivity index (χ2n) is 8.54. The molecule has 9 heteroatoms. The van der Waals surface area contributed by atoms with Crippen LogP contribution in [0.15, 0.2) is 65.0 Å². The third-order valence-electron chi connectivity index (χ3n) is 6.32. The van der Waals surface area contributed by atoms with Crippen LogP contribution in [0.3, 0.4) is 0 Å². The minimum Gasteiger partial charge on any atom is -0.497 e. The Morgan fingerprint density at radius 2 is 1.45 bits per heavy atom. The molecule has 2 aromatic carbocycles. The van der Waals surface area contributed by atoms with E-state index in [-0.39, 0.29) is 13.2 Å². The number of methoxy groups -OCH3 is 1. The Morgan fingerprint density at radius 3 is 1.97 bits per heavy atom. The quantitative estimate of drug-likeness (QED) is 0.309. The van der Waals surface area contributed by atoms with Crippen molar-refractivity contribution in [2.45, 2.75) is 40.5 Å². The lowest BCUT2D eigenvalue weighted by Crippen LogP contribution is -2.35. The van der Waals surface area contributed by atoms with E-state index in [0.29, 0.717) is 40.0 Å². The summed E-state index contributed by atoms with van der Waals surface area (Å²) in [7, 11) is 1.59. The number of carbonyl (C=O) groups excluding carboxylic acids is 2. The summed E-state index contributed by atoms with van der Waals surface area (Å²) in [5.74, 6) is -0.276. The van der Waals surface area contributed by atoms with Crippen molar-refractivity contribution >= 4 is 38.6 Å². The normalized spacial score (nSPS) is 14.2. The Labute approximate surface area is 226 Å². The predicted molar refractivity (Wildman–Crippen MR) is 148 cm³/mol. The first kappa shape index (κ1) is 27.2. The molecule has 1 aliphatic rings. The topological polar surface area (TPSA) is 87.2 Å². The predicted octanol–water partition coefficient (Wildman–Crippen LogP) is 5.98. The molecule has 4 rings (SSSR count). The van der Waals surface area contributed by atoms with Crippen LogP contribution in [0.5, 0.6) is 11.5 Å². The van der Waals surface area contributed by atoms with Gasteiger partial charge in [-0.25, -0.2) is 14.6 Å². The molecule has 3 aromatic rings. The summed E-state index contributed by atoms with van der Waals surface area (Å²) in [6, 6.07) is 13.1. The van der Waals surface area contributed by atoms with Gasteiger partial charge >= 0.3 is 11.9 Å². The highest BCUT2D eigenvalue weighted by Crippen LogP contribution is 2.46. The van der Waals surface area contributed by atoms with E-state index in [9.17, 15) is 9.59 Å². The fourth-order valence-corrected chi connectivity index (χ4v) is 5.72. The van der Waals surface area contributed by atoms with Crippen LogP contribution in [0.4, 0.5) is 5.13 Å². The maximum Gasteiger partial charge on any atom is 0.336 e. The first-order chi connectivity index (χ1) is 18.3. The van der Waals surface area contributed by atoms with Crippen LogP contribution < -0.4 is 14.4 Å². The number of fused-ring (bicyclic) bond motifs is 1. The lowest BCUT2D eigenvalue weighted by molar-refractivity contribution is -0.139. The van der Waals surface area contributed by atoms with Gasteiger partial charge in [0.25, 0.3) is 0 Å². The fourth-order valence-electron chi connectivity index (χ4n) is 4.67. The molecule has 200 valence electrons. The van der Waals surface area contributed by atoms with Gasteiger partial charge in [-0.05, 0) is 64.4 Å². The molecule has 38 heavy (non-hydrogen) atoms. The van der Waals surface area contributed by atoms with E-state index in [1.807, 2.05) is 56.0 Å². The average molecular weight is 537 g/mol. The molecule has 0 saturated carbocycles. The standard InChI is InChI=1S/C29H32N2O6S/c1-7-35-21-14-15-23-22(16-21)30-29(38-23)31-17(4)24(27(32)36-8-2)26(19-10-12-20(34-6)13-11-19)25(18(31)5)28(33)37-9-3/h10-16,26H,7-9H2,1-6H3. The molecule has 1 aliphatic heterocycles. The van der Waals surface area contributed by atoms with Gasteiger partial charge in [-0.2, -0.15) is 0 Å². The summed E-state index contributed by atoms with van der Waals surface area (Å²) in [6.07, 6.45) is 0. The Hall–Kier alpha value is -3.85. The van der Waals surface area contributed by atoms with Crippen LogP contribution in [0.1, 0.15) is 46.1 Å². The number of allylic oxidation sites excluding steroid dienone is 2. The van der Waals surface area contributed by atoms with Crippen LogP contribution in [0, 0.1) is 0 Å². The summed E-state index contributed by atoms with van der Waals surface area (Å²) < 4.78 is 22.9. The zero-order chi connectivity index (χ0) is 27.4. The van der Waals surface area contributed by atoms with Gasteiger partial charge in [0.2, 0.25) is 0 Å². The molecule has 0 aliphatic carbocycles. The molecule has 0 amide bonds. The monoisotopic (exact) mass is 536 g/mol. The Balaban J connectivity index is 1.95. The number of hydrogen-bond acceptors (Lipinski definition) is 9. The number of aromatic nitrogens is 1. The van der Waals surface area contributed by atoms with Crippen molar-refractivity contribution in [3.8, 4) is 11.5 Å². The smallest absolute Gasteiger partial charge is 0.336 e. The number of nitrogens with zero attached hydrogens (tertiary/aromatic N) is 2. The van der Waals surface area contributed by atoms with E-state index < -0.39 is 17.9 Å². The van der Waals surface area contributed by atoms with Crippen LogP contribution in [0.2, 0.25) is 0 Å². The Kier molecular flexibility index (Phi) is 8.36. The van der Waals surface area contributed by atoms with Crippen molar-refractivity contribution in [2.75, 3.05) is 31.8 Å². The minimum atomic E-state index is -0.686. The zero-order valence-electron chi connectivity index (χ0n) is 22.5. The van der Waals surface area contributed by atoms with Gasteiger partial charge < -0.3 is 18.9 Å². The first-order valence-electron chi connectivity index (χ1n) is 12.6. The van der Waals surface area contributed by atoms with Gasteiger partial charge in [0.15, 0.2) is 5.13 Å². The summed E-state index contributed by atoms with van der Waals surface area (Å²) in [6.45, 7) is 10.1. The molecule has 2 heterocycles. The molecule has 0 unspecified atom stereocenters. The van der Waals surface area contributed by atoms with E-state index >= 15 is 0 Å². The van der Waals surface area contributed by atoms with Crippen LogP contribution >= 0.6 is 11.3 Å². The van der Waals surface area contributed by atoms with Crippen molar-refractivity contribution in [2.24, 2.45) is 0 Å². The number of esters is 2. The van der Waals surface area contributed by atoms with Gasteiger partial charge in [-0.15, -0.1) is 0 Å². The van der Waals surface area contributed by atoms with Crippen molar-refractivity contribution in [1.29, 1.82) is 0 Å². The van der Waals surface area contributed by atoms with Gasteiger partial charge in [0.1, 0.15) is 11.5 Å². The average Bonchev–Trinajstić information content (AvgIpc) is 3.31. The van der Waals surface area contributed by atoms with Gasteiger partial charge in [0.05, 0.1) is 54.2 Å². The highest BCUT2D eigenvalue weighted by Gasteiger charge is 2.41. The third-order valence-corrected chi connectivity index (χ3v) is 7.34. The number of benzene rings is 2. The molecule has 0 bridgehead atoms. The molecule has 0 saturated heterocycles. The molecule has 0 spiro atoms. The second kappa shape index (κ2) is 11.7. The number of rotatable bonds is 9. The number of hydrogen-bond donors (Lipinski definition) is 0. The third kappa shape index (κ3) is 5.11. The molecular formula is C29H32N2O6S. The van der Waals surface area contributed by atoms with Crippen molar-refractivity contribution < 1.29 is 28.5 Å². The van der Waals surface area contributed by atoms with Gasteiger partial charge in [0, 0.05) is 17.5 Å². The van der Waals surface area contributed by atoms with E-state index in [2.05, 4.69) is 0 Å². The summed E-state index contributed by atoms with van der Waals surface area (Å²) in [5, 5.41) is 0.625. The van der Waals surface area contributed by atoms with Crippen molar-refractivity contribution in [3.63, 3.8) is 0 Å². The molecule has 0 N–H and O–H groups in total. The van der Waals surface area contributed by atoms with Crippen LogP contribution in [-0.4, -0.2) is 43.9 Å². The van der Waals surface area contributed by atoms with Crippen molar-refractivity contribution in [3.05, 3.63) is 70.6 Å². The fraction of sp³-hybridized carbons (Fsp3) is 0.345. The maximum atomic E-state index is 13.5. The lowest BCUT2D eigenvalue weighted by Gasteiger charge is -2.36. The van der Waals surface area contributed by atoms with E-state index in [1.165, 1.54) is 11.3 Å². The van der Waals surface area contributed by atoms with E-state index in [1.54, 1.807) is 33.1 Å². The number of ether oxygens (including phenoxy) is 4. The molecule has 0 fully saturated rings. The summed E-state index contributed by atoms with van der Waals surface area (Å²) in [5.41, 5.74) is 3.52. The van der Waals surface area contributed by atoms with E-state index in [0.717, 1.165) is 21.5 Å². The lowest BCUT2D eigenvalue weighted by atomic mass is 9.80. The highest BCUT2D eigenvalue weighted by atomic mass is 32.1. The SMILES string of the molecule is CCOC(=O)C1=C(C)N(c2nc3cc(OCC)ccc3s2)C(C)=C(C(=O)OCC)C1c1ccc(OC)cc1. The van der Waals surface area contributed by atoms with Gasteiger partial charge in [-0.3, -0.25) is 4.90 Å². The number of anilines is 1. The van der Waals surface area contributed by atoms with Crippen LogP contribution in [-0.2, 0) is 19.1 Å². The maximum absolute atomic E-state index is 13.5. The molecule has 0 atom stereocenters. The van der Waals surface area contributed by atoms with E-state index in [4.69, 9.17) is 23.9 Å². The zero-order valence-corrected chi connectivity index (χ0v) is 23.3. The number of thiazole rings is 1. The Bertz CT molecular complexity index is 1360. The minimum absolute atomic E-state index is 0.198. The second-order valence-corrected chi connectivity index (χ2v) is 9.55. The molecule has 1 aromatic heterocycles. The molecular weight excluding hydrogens is 504 g/mol.